The van der Waals surface area contributed by atoms with Crippen LogP contribution in [0.25, 0.3) is 33.7 Å². The number of halogens is 4. The van der Waals surface area contributed by atoms with Crippen molar-refractivity contribution < 1.29 is 32.5 Å². The molecular formula is C22H16ClF3N4O5. The molecule has 0 radical (unpaired) electrons. The third kappa shape index (κ3) is 4.69. The van der Waals surface area contributed by atoms with Gasteiger partial charge in [-0.2, -0.15) is 18.2 Å². The zero-order valence-electron chi connectivity index (χ0n) is 17.9. The van der Waals surface area contributed by atoms with Crippen LogP contribution in [0, 0.1) is 10.1 Å². The predicted octanol–water partition coefficient (Wildman–Crippen LogP) is 6.36. The van der Waals surface area contributed by atoms with Gasteiger partial charge >= 0.3 is 12.1 Å². The third-order valence-corrected chi connectivity index (χ3v) is 5.79. The maximum Gasteiger partial charge on any atom is 0.423 e. The number of aromatic nitrogens is 3. The van der Waals surface area contributed by atoms with Crippen molar-refractivity contribution in [1.82, 2.24) is 14.7 Å². The smallest absolute Gasteiger partial charge is 0.423 e. The van der Waals surface area contributed by atoms with Crippen molar-refractivity contribution >= 4 is 34.2 Å². The van der Waals surface area contributed by atoms with Crippen molar-refractivity contribution in [3.05, 3.63) is 63.3 Å². The van der Waals surface area contributed by atoms with Crippen LogP contribution >= 0.6 is 11.6 Å². The molecule has 1 N–H and O–H groups in total. The van der Waals surface area contributed by atoms with Crippen LogP contribution in [0.3, 0.4) is 0 Å². The summed E-state index contributed by atoms with van der Waals surface area (Å²) in [6.07, 6.45) is -2.82. The van der Waals surface area contributed by atoms with E-state index in [-0.39, 0.29) is 29.7 Å². The van der Waals surface area contributed by atoms with Crippen LogP contribution in [0.4, 0.5) is 18.9 Å². The summed E-state index contributed by atoms with van der Waals surface area (Å²) in [4.78, 5) is 25.2. The monoisotopic (exact) mass is 508 g/mol. The van der Waals surface area contributed by atoms with Crippen LogP contribution in [0.5, 0.6) is 0 Å². The number of nitro benzene ring substituents is 1. The highest BCUT2D eigenvalue weighted by Gasteiger charge is 2.38. The number of alkyl halides is 3. The molecule has 0 aliphatic rings. The van der Waals surface area contributed by atoms with Crippen LogP contribution < -0.4 is 0 Å². The van der Waals surface area contributed by atoms with Gasteiger partial charge in [0.15, 0.2) is 0 Å². The van der Waals surface area contributed by atoms with Crippen LogP contribution in [-0.2, 0) is 11.0 Å². The summed E-state index contributed by atoms with van der Waals surface area (Å²) in [5.41, 5.74) is -1.50. The molecule has 0 saturated carbocycles. The SMILES string of the molecule is CCC(CC(=O)O)n1cc(Cl)c2cc(-c3noc(-c4ccc([N+](=O)[O-])c(C(F)(F)F)c4)n3)ccc21. The lowest BCUT2D eigenvalue weighted by Crippen LogP contribution is -2.11. The number of fused-ring (bicyclic) bond motifs is 1. The highest BCUT2D eigenvalue weighted by atomic mass is 35.5. The normalized spacial score (nSPS) is 12.7. The molecule has 1 atom stereocenters. The minimum Gasteiger partial charge on any atom is -0.481 e. The molecule has 2 heterocycles. The first-order valence-corrected chi connectivity index (χ1v) is 10.6. The number of hydrogen-bond donors (Lipinski definition) is 1. The molecule has 0 spiro atoms. The fraction of sp³-hybridized carbons (Fsp3) is 0.227. The second kappa shape index (κ2) is 9.02. The van der Waals surface area contributed by atoms with Gasteiger partial charge < -0.3 is 14.2 Å². The first-order chi connectivity index (χ1) is 16.5. The lowest BCUT2D eigenvalue weighted by atomic mass is 10.1. The van der Waals surface area contributed by atoms with E-state index in [0.717, 1.165) is 12.1 Å². The van der Waals surface area contributed by atoms with Crippen molar-refractivity contribution in [1.29, 1.82) is 0 Å². The first-order valence-electron chi connectivity index (χ1n) is 10.2. The number of benzene rings is 2. The standard InChI is InChI=1S/C22H16ClF3N4O5/c1-2-13(9-19(31)32)29-10-16(23)14-7-11(3-5-17(14)29)20-27-21(35-28-20)12-4-6-18(30(33)34)15(8-12)22(24,25)26/h3-8,10,13H,2,9H2,1H3,(H,31,32). The van der Waals surface area contributed by atoms with E-state index < -0.39 is 28.3 Å². The van der Waals surface area contributed by atoms with Crippen LogP contribution in [0.15, 0.2) is 47.1 Å². The summed E-state index contributed by atoms with van der Waals surface area (Å²) in [7, 11) is 0. The average Bonchev–Trinajstić information content (AvgIpc) is 3.41. The second-order valence-corrected chi connectivity index (χ2v) is 8.09. The van der Waals surface area contributed by atoms with Crippen molar-refractivity contribution in [2.45, 2.75) is 32.0 Å². The molecule has 9 nitrogen and oxygen atoms in total. The van der Waals surface area contributed by atoms with Crippen molar-refractivity contribution in [2.75, 3.05) is 0 Å². The van der Waals surface area contributed by atoms with Crippen molar-refractivity contribution in [3.8, 4) is 22.8 Å². The van der Waals surface area contributed by atoms with E-state index in [1.807, 2.05) is 6.92 Å². The molecule has 0 saturated heterocycles. The lowest BCUT2D eigenvalue weighted by molar-refractivity contribution is -0.388. The molecule has 13 heteroatoms. The number of carbonyl (C=O) groups is 1. The average molecular weight is 509 g/mol. The Morgan fingerprint density at radius 1 is 1.26 bits per heavy atom. The van der Waals surface area contributed by atoms with Gasteiger partial charge in [-0.1, -0.05) is 23.7 Å². The van der Waals surface area contributed by atoms with Gasteiger partial charge in [0.25, 0.3) is 11.6 Å². The van der Waals surface area contributed by atoms with Gasteiger partial charge in [-0.3, -0.25) is 14.9 Å². The highest BCUT2D eigenvalue weighted by Crippen LogP contribution is 2.39. The Kier molecular flexibility index (Phi) is 6.24. The summed E-state index contributed by atoms with van der Waals surface area (Å²) in [5, 5.41) is 24.9. The van der Waals surface area contributed by atoms with E-state index in [1.54, 1.807) is 29.0 Å². The zero-order chi connectivity index (χ0) is 25.5. The number of carboxylic acids is 1. The van der Waals surface area contributed by atoms with E-state index in [2.05, 4.69) is 10.1 Å². The lowest BCUT2D eigenvalue weighted by Gasteiger charge is -2.16. The maximum atomic E-state index is 13.3. The Hall–Kier alpha value is -3.93. The molecule has 2 aromatic carbocycles. The molecule has 0 fully saturated rings. The largest absolute Gasteiger partial charge is 0.481 e. The van der Waals surface area contributed by atoms with Gasteiger partial charge in [0.2, 0.25) is 5.82 Å². The van der Waals surface area contributed by atoms with E-state index in [0.29, 0.717) is 34.0 Å². The molecule has 0 aliphatic carbocycles. The molecule has 182 valence electrons. The molecule has 2 aromatic heterocycles. The summed E-state index contributed by atoms with van der Waals surface area (Å²) in [5.74, 6) is -1.13. The Morgan fingerprint density at radius 2 is 1.97 bits per heavy atom. The first kappa shape index (κ1) is 24.2. The van der Waals surface area contributed by atoms with Crippen LogP contribution in [-0.4, -0.2) is 30.7 Å². The number of rotatable bonds is 7. The molecule has 4 rings (SSSR count). The fourth-order valence-electron chi connectivity index (χ4n) is 3.81. The Balaban J connectivity index is 1.72. The highest BCUT2D eigenvalue weighted by molar-refractivity contribution is 6.35. The van der Waals surface area contributed by atoms with Gasteiger partial charge in [0, 0.05) is 40.3 Å². The molecular weight excluding hydrogens is 493 g/mol. The topological polar surface area (TPSA) is 124 Å². The quantitative estimate of drug-likeness (QED) is 0.227. The van der Waals surface area contributed by atoms with Gasteiger partial charge in [0.05, 0.1) is 16.4 Å². The maximum absolute atomic E-state index is 13.3. The molecule has 1 unspecified atom stereocenters. The van der Waals surface area contributed by atoms with E-state index in [4.69, 9.17) is 16.1 Å². The van der Waals surface area contributed by atoms with Crippen LogP contribution in [0.1, 0.15) is 31.4 Å². The third-order valence-electron chi connectivity index (χ3n) is 5.49. The number of aliphatic carboxylic acids is 1. The summed E-state index contributed by atoms with van der Waals surface area (Å²) < 4.78 is 46.8. The molecule has 4 aromatic rings. The summed E-state index contributed by atoms with van der Waals surface area (Å²) >= 11 is 6.38. The number of hydrogen-bond acceptors (Lipinski definition) is 6. The number of carboxylic acid groups (broad SMARTS) is 1. The second-order valence-electron chi connectivity index (χ2n) is 7.69. The minimum atomic E-state index is -4.95. The van der Waals surface area contributed by atoms with Gasteiger partial charge in [-0.15, -0.1) is 0 Å². The van der Waals surface area contributed by atoms with Crippen molar-refractivity contribution in [2.24, 2.45) is 0 Å². The summed E-state index contributed by atoms with van der Waals surface area (Å²) in [6.45, 7) is 1.87. The van der Waals surface area contributed by atoms with Gasteiger partial charge in [-0.05, 0) is 36.8 Å². The zero-order valence-corrected chi connectivity index (χ0v) is 18.7. The minimum absolute atomic E-state index is 0.0650. The van der Waals surface area contributed by atoms with E-state index in [1.165, 1.54) is 0 Å². The fourth-order valence-corrected chi connectivity index (χ4v) is 4.07. The molecule has 0 aliphatic heterocycles. The van der Waals surface area contributed by atoms with E-state index in [9.17, 15) is 33.2 Å². The van der Waals surface area contributed by atoms with Gasteiger partial charge in [-0.25, -0.2) is 0 Å². The summed E-state index contributed by atoms with van der Waals surface area (Å²) in [6, 6.07) is 7.13. The predicted molar refractivity (Wildman–Crippen MR) is 119 cm³/mol. The van der Waals surface area contributed by atoms with E-state index >= 15 is 0 Å². The van der Waals surface area contributed by atoms with Gasteiger partial charge in [0.1, 0.15) is 5.56 Å². The Labute approximate surface area is 199 Å². The Morgan fingerprint density at radius 3 is 2.60 bits per heavy atom. The Bertz CT molecular complexity index is 1450. The number of nitrogens with zero attached hydrogens (tertiary/aromatic N) is 4. The molecule has 0 amide bonds. The molecule has 0 bridgehead atoms. The number of nitro groups is 1. The molecule has 35 heavy (non-hydrogen) atoms. The van der Waals surface area contributed by atoms with Crippen molar-refractivity contribution in [3.63, 3.8) is 0 Å². The van der Waals surface area contributed by atoms with Crippen LogP contribution in [0.2, 0.25) is 5.02 Å².